The number of hydrogen-bond acceptors (Lipinski definition) is 5. The van der Waals surface area contributed by atoms with E-state index in [1.54, 1.807) is 12.1 Å². The Bertz CT molecular complexity index is 595. The van der Waals surface area contributed by atoms with E-state index in [0.29, 0.717) is 25.6 Å². The second kappa shape index (κ2) is 13.2. The van der Waals surface area contributed by atoms with E-state index in [1.165, 1.54) is 12.1 Å². The predicted octanol–water partition coefficient (Wildman–Crippen LogP) is 2.38. The van der Waals surface area contributed by atoms with Gasteiger partial charge in [0.25, 0.3) is 0 Å². The van der Waals surface area contributed by atoms with Gasteiger partial charge in [-0.05, 0) is 55.9 Å². The van der Waals surface area contributed by atoms with E-state index in [1.807, 2.05) is 0 Å². The lowest BCUT2D eigenvalue weighted by atomic mass is 9.91. The number of nitrogens with zero attached hydrogens (tertiary/aromatic N) is 1. The monoisotopic (exact) mass is 451 g/mol. The van der Waals surface area contributed by atoms with Crippen LogP contribution in [0.5, 0.6) is 5.75 Å². The molecule has 29 heavy (non-hydrogen) atoms. The molecule has 0 bridgehead atoms. The Balaban J connectivity index is 0.00000210. The van der Waals surface area contributed by atoms with Crippen LogP contribution in [-0.4, -0.2) is 62.3 Å². The summed E-state index contributed by atoms with van der Waals surface area (Å²) in [7, 11) is 0. The van der Waals surface area contributed by atoms with Crippen LogP contribution in [0.2, 0.25) is 0 Å². The molecule has 9 heteroatoms. The minimum Gasteiger partial charge on any atom is -0.492 e. The van der Waals surface area contributed by atoms with Crippen LogP contribution in [-0.2, 0) is 9.53 Å². The molecule has 0 saturated carbocycles. The zero-order valence-electron chi connectivity index (χ0n) is 16.6. The number of rotatable bonds is 7. The molecule has 2 fully saturated rings. The van der Waals surface area contributed by atoms with Gasteiger partial charge in [-0.25, -0.2) is 4.39 Å². The fourth-order valence-electron chi connectivity index (χ4n) is 3.71. The molecule has 2 aliphatic rings. The molecule has 3 N–H and O–H groups in total. The highest BCUT2D eigenvalue weighted by molar-refractivity contribution is 5.85. The Hall–Kier alpha value is -1.12. The van der Waals surface area contributed by atoms with Gasteiger partial charge in [0.2, 0.25) is 5.91 Å². The number of benzene rings is 1. The summed E-state index contributed by atoms with van der Waals surface area (Å²) in [6.45, 7) is 4.62. The summed E-state index contributed by atoms with van der Waals surface area (Å²) in [6, 6.07) is 5.83. The standard InChI is InChI=1S/C20H30FN3O3.2ClH/c21-16-1-3-18(4-2-16)27-14-11-24-9-5-17(6-10-24)23-20(25)19(22)15-7-12-26-13-8-15;;/h1-4,15,17,19H,5-14,22H2,(H,23,25);2*1H. The third-order valence-corrected chi connectivity index (χ3v) is 5.50. The van der Waals surface area contributed by atoms with Crippen LogP contribution in [0.1, 0.15) is 25.7 Å². The van der Waals surface area contributed by atoms with Gasteiger partial charge in [-0.2, -0.15) is 0 Å². The fourth-order valence-corrected chi connectivity index (χ4v) is 3.71. The number of piperidine rings is 1. The van der Waals surface area contributed by atoms with Crippen molar-refractivity contribution >= 4 is 30.7 Å². The normalized spacial score (nSPS) is 19.5. The SMILES string of the molecule is Cl.Cl.NC(C(=O)NC1CCN(CCOc2ccc(F)cc2)CC1)C1CCOCC1. The Morgan fingerprint density at radius 2 is 1.79 bits per heavy atom. The first-order chi connectivity index (χ1) is 13.1. The van der Waals surface area contributed by atoms with Crippen LogP contribution >= 0.6 is 24.8 Å². The van der Waals surface area contributed by atoms with Crippen molar-refractivity contribution < 1.29 is 18.7 Å². The molecule has 2 saturated heterocycles. The second-order valence-corrected chi connectivity index (χ2v) is 7.40. The topological polar surface area (TPSA) is 76.8 Å². The molecule has 0 radical (unpaired) electrons. The average molecular weight is 452 g/mol. The highest BCUT2D eigenvalue weighted by atomic mass is 35.5. The maximum Gasteiger partial charge on any atom is 0.237 e. The smallest absolute Gasteiger partial charge is 0.237 e. The van der Waals surface area contributed by atoms with Crippen molar-refractivity contribution in [2.24, 2.45) is 11.7 Å². The van der Waals surface area contributed by atoms with E-state index in [2.05, 4.69) is 10.2 Å². The zero-order valence-corrected chi connectivity index (χ0v) is 18.2. The van der Waals surface area contributed by atoms with Crippen molar-refractivity contribution in [2.45, 2.75) is 37.8 Å². The summed E-state index contributed by atoms with van der Waals surface area (Å²) in [6.07, 6.45) is 3.56. The van der Waals surface area contributed by atoms with Crippen molar-refractivity contribution in [3.05, 3.63) is 30.1 Å². The van der Waals surface area contributed by atoms with E-state index >= 15 is 0 Å². The van der Waals surface area contributed by atoms with Crippen molar-refractivity contribution in [2.75, 3.05) is 39.5 Å². The van der Waals surface area contributed by atoms with Crippen molar-refractivity contribution in [1.82, 2.24) is 10.2 Å². The summed E-state index contributed by atoms with van der Waals surface area (Å²) in [4.78, 5) is 14.7. The second-order valence-electron chi connectivity index (χ2n) is 7.40. The van der Waals surface area contributed by atoms with Crippen molar-refractivity contribution in [3.63, 3.8) is 0 Å². The molecule has 1 amide bonds. The van der Waals surface area contributed by atoms with Gasteiger partial charge in [0, 0.05) is 38.9 Å². The highest BCUT2D eigenvalue weighted by Crippen LogP contribution is 2.18. The lowest BCUT2D eigenvalue weighted by Gasteiger charge is -2.34. The third-order valence-electron chi connectivity index (χ3n) is 5.50. The summed E-state index contributed by atoms with van der Waals surface area (Å²) in [5.41, 5.74) is 6.15. The van der Waals surface area contributed by atoms with Gasteiger partial charge >= 0.3 is 0 Å². The van der Waals surface area contributed by atoms with E-state index < -0.39 is 6.04 Å². The van der Waals surface area contributed by atoms with Gasteiger partial charge < -0.3 is 20.5 Å². The third kappa shape index (κ3) is 8.26. The molecule has 1 unspecified atom stereocenters. The molecule has 0 aromatic heterocycles. The van der Waals surface area contributed by atoms with Gasteiger partial charge in [0.15, 0.2) is 0 Å². The molecular weight excluding hydrogens is 420 g/mol. The number of nitrogens with two attached hydrogens (primary N) is 1. The van der Waals surface area contributed by atoms with Gasteiger partial charge in [-0.1, -0.05) is 0 Å². The Morgan fingerprint density at radius 1 is 1.17 bits per heavy atom. The largest absolute Gasteiger partial charge is 0.492 e. The van der Waals surface area contributed by atoms with E-state index in [0.717, 1.165) is 45.3 Å². The summed E-state index contributed by atoms with van der Waals surface area (Å²) >= 11 is 0. The molecule has 1 atom stereocenters. The van der Waals surface area contributed by atoms with Crippen molar-refractivity contribution in [3.8, 4) is 5.75 Å². The molecule has 3 rings (SSSR count). The molecule has 0 aliphatic carbocycles. The lowest BCUT2D eigenvalue weighted by molar-refractivity contribution is -0.125. The summed E-state index contributed by atoms with van der Waals surface area (Å²) < 4.78 is 23.9. The number of amides is 1. The maximum absolute atomic E-state index is 12.9. The molecule has 0 spiro atoms. The summed E-state index contributed by atoms with van der Waals surface area (Å²) in [5.74, 6) is 0.617. The first kappa shape index (κ1) is 25.9. The van der Waals surface area contributed by atoms with Gasteiger partial charge in [0.05, 0.1) is 6.04 Å². The lowest BCUT2D eigenvalue weighted by Crippen LogP contribution is -2.52. The fraction of sp³-hybridized carbons (Fsp3) is 0.650. The van der Waals surface area contributed by atoms with E-state index in [-0.39, 0.29) is 48.5 Å². The average Bonchev–Trinajstić information content (AvgIpc) is 2.71. The number of hydrogen-bond donors (Lipinski definition) is 2. The minimum absolute atomic E-state index is 0. The molecule has 2 heterocycles. The number of halogens is 3. The molecular formula is C20H32Cl2FN3O3. The Morgan fingerprint density at radius 3 is 2.41 bits per heavy atom. The van der Waals surface area contributed by atoms with Crippen LogP contribution in [0.4, 0.5) is 4.39 Å². The minimum atomic E-state index is -0.434. The summed E-state index contributed by atoms with van der Waals surface area (Å²) in [5, 5.41) is 3.13. The predicted molar refractivity (Wildman–Crippen MR) is 116 cm³/mol. The molecule has 2 aliphatic heterocycles. The first-order valence-corrected chi connectivity index (χ1v) is 9.86. The molecule has 1 aromatic rings. The van der Waals surface area contributed by atoms with Crippen LogP contribution in [0.25, 0.3) is 0 Å². The van der Waals surface area contributed by atoms with Gasteiger partial charge in [0.1, 0.15) is 18.2 Å². The van der Waals surface area contributed by atoms with Crippen LogP contribution in [0.3, 0.4) is 0 Å². The number of ether oxygens (including phenoxy) is 2. The maximum atomic E-state index is 12.9. The number of likely N-dealkylation sites (tertiary alicyclic amines) is 1. The van der Waals surface area contributed by atoms with Crippen LogP contribution in [0.15, 0.2) is 24.3 Å². The number of carbonyl (C=O) groups excluding carboxylic acids is 1. The molecule has 166 valence electrons. The van der Waals surface area contributed by atoms with Crippen LogP contribution < -0.4 is 15.8 Å². The molecule has 6 nitrogen and oxygen atoms in total. The quantitative estimate of drug-likeness (QED) is 0.665. The van der Waals surface area contributed by atoms with Crippen molar-refractivity contribution in [1.29, 1.82) is 0 Å². The Kier molecular flexibility index (Phi) is 11.8. The van der Waals surface area contributed by atoms with Gasteiger partial charge in [-0.15, -0.1) is 24.8 Å². The van der Waals surface area contributed by atoms with Gasteiger partial charge in [-0.3, -0.25) is 9.69 Å². The zero-order chi connectivity index (χ0) is 19.1. The first-order valence-electron chi connectivity index (χ1n) is 9.86. The van der Waals surface area contributed by atoms with E-state index in [9.17, 15) is 9.18 Å². The molecule has 1 aromatic carbocycles. The highest BCUT2D eigenvalue weighted by Gasteiger charge is 2.29. The van der Waals surface area contributed by atoms with Crippen LogP contribution in [0, 0.1) is 11.7 Å². The number of carbonyl (C=O) groups is 1. The number of nitrogens with one attached hydrogen (secondary N) is 1. The van der Waals surface area contributed by atoms with E-state index in [4.69, 9.17) is 15.2 Å². The Labute approximate surface area is 184 Å².